The van der Waals surface area contributed by atoms with Crippen molar-refractivity contribution in [2.75, 3.05) is 4.72 Å². The Morgan fingerprint density at radius 1 is 1.12 bits per heavy atom. The van der Waals surface area contributed by atoms with Crippen molar-refractivity contribution in [1.29, 1.82) is 0 Å². The number of carbonyl (C=O) groups is 1. The number of carboxylic acid groups (broad SMARTS) is 1. The molecule has 0 bridgehead atoms. The molecule has 7 nitrogen and oxygen atoms in total. The highest BCUT2D eigenvalue weighted by molar-refractivity contribution is 7.93. The molecule has 0 fully saturated rings. The van der Waals surface area contributed by atoms with Crippen molar-refractivity contribution in [2.45, 2.75) is 9.79 Å². The summed E-state index contributed by atoms with van der Waals surface area (Å²) in [6.45, 7) is 0. The molecule has 0 amide bonds. The van der Waals surface area contributed by atoms with E-state index in [4.69, 9.17) is 0 Å². The smallest absolute Gasteiger partial charge is 0.337 e. The molecule has 24 heavy (non-hydrogen) atoms. The predicted octanol–water partition coefficient (Wildman–Crippen LogP) is 2.42. The molecule has 0 spiro atoms. The Balaban J connectivity index is 2.13. The summed E-state index contributed by atoms with van der Waals surface area (Å²) in [6, 6.07) is 8.64. The highest BCUT2D eigenvalue weighted by Gasteiger charge is 2.21. The lowest BCUT2D eigenvalue weighted by Crippen LogP contribution is -2.16. The molecule has 2 N–H and O–H groups in total. The molecule has 1 aromatic heterocycles. The van der Waals surface area contributed by atoms with Crippen LogP contribution in [-0.2, 0) is 10.0 Å². The molecule has 0 saturated carbocycles. The van der Waals surface area contributed by atoms with Crippen LogP contribution in [0.25, 0.3) is 11.0 Å². The second kappa shape index (κ2) is 6.10. The number of nitrogens with one attached hydrogen (secondary N) is 1. The number of anilines is 1. The van der Waals surface area contributed by atoms with Crippen LogP contribution in [0.15, 0.2) is 58.6 Å². The van der Waals surface area contributed by atoms with Gasteiger partial charge in [-0.05, 0) is 30.3 Å². The number of carboxylic acids is 1. The first-order valence-electron chi connectivity index (χ1n) is 6.67. The number of hydrogen-bond acceptors (Lipinski definition) is 6. The van der Waals surface area contributed by atoms with E-state index in [1.165, 1.54) is 36.7 Å². The fourth-order valence-corrected chi connectivity index (χ4v) is 3.63. The van der Waals surface area contributed by atoms with E-state index in [-0.39, 0.29) is 21.7 Å². The third-order valence-electron chi connectivity index (χ3n) is 3.23. The van der Waals surface area contributed by atoms with Gasteiger partial charge in [0.1, 0.15) is 10.4 Å². The van der Waals surface area contributed by atoms with Crippen molar-refractivity contribution >= 4 is 45.3 Å². The van der Waals surface area contributed by atoms with Gasteiger partial charge in [0.25, 0.3) is 10.0 Å². The Morgan fingerprint density at radius 3 is 2.62 bits per heavy atom. The van der Waals surface area contributed by atoms with Gasteiger partial charge in [-0.2, -0.15) is 0 Å². The maximum atomic E-state index is 12.7. The Bertz CT molecular complexity index is 1050. The van der Waals surface area contributed by atoms with Crippen LogP contribution in [0, 0.1) is 0 Å². The molecule has 0 saturated heterocycles. The first-order valence-corrected chi connectivity index (χ1v) is 8.60. The molecule has 0 aliphatic rings. The summed E-state index contributed by atoms with van der Waals surface area (Å²) in [5.74, 6) is -1.25. The highest BCUT2D eigenvalue weighted by Crippen LogP contribution is 2.26. The van der Waals surface area contributed by atoms with Crippen molar-refractivity contribution < 1.29 is 18.3 Å². The van der Waals surface area contributed by atoms with E-state index in [0.717, 1.165) is 0 Å². The highest BCUT2D eigenvalue weighted by atomic mass is 32.2. The van der Waals surface area contributed by atoms with Gasteiger partial charge in [0.2, 0.25) is 0 Å². The van der Waals surface area contributed by atoms with Crippen LogP contribution >= 0.6 is 12.6 Å². The zero-order valence-electron chi connectivity index (χ0n) is 12.0. The zero-order valence-corrected chi connectivity index (χ0v) is 13.8. The van der Waals surface area contributed by atoms with Crippen molar-refractivity contribution in [3.63, 3.8) is 0 Å². The molecule has 3 aromatic rings. The van der Waals surface area contributed by atoms with Crippen LogP contribution in [0.5, 0.6) is 0 Å². The van der Waals surface area contributed by atoms with Gasteiger partial charge in [0, 0.05) is 17.3 Å². The molecule has 0 aliphatic heterocycles. The van der Waals surface area contributed by atoms with Crippen LogP contribution in [0.2, 0.25) is 0 Å². The standard InChI is InChI=1S/C15H11N3O4S2/c19-15(20)10-5-4-9(23)8-12(10)18-24(21,22)13-3-1-2-11-14(13)17-7-6-16-11/h1-8,18,23H,(H,19,20). The third-order valence-corrected chi connectivity index (χ3v) is 4.90. The minimum atomic E-state index is -4.06. The van der Waals surface area contributed by atoms with E-state index in [9.17, 15) is 18.3 Å². The number of fused-ring (bicyclic) bond motifs is 1. The predicted molar refractivity (Wildman–Crippen MR) is 91.0 cm³/mol. The Morgan fingerprint density at radius 2 is 1.88 bits per heavy atom. The number of aromatic carboxylic acids is 1. The summed E-state index contributed by atoms with van der Waals surface area (Å²) in [5, 5.41) is 9.21. The van der Waals surface area contributed by atoms with E-state index in [1.807, 2.05) is 0 Å². The molecule has 122 valence electrons. The molecule has 1 heterocycles. The number of thiol groups is 1. The van der Waals surface area contributed by atoms with Gasteiger partial charge in [-0.15, -0.1) is 12.6 Å². The van der Waals surface area contributed by atoms with Gasteiger partial charge in [-0.1, -0.05) is 6.07 Å². The number of para-hydroxylation sites is 1. The normalized spacial score (nSPS) is 11.4. The zero-order chi connectivity index (χ0) is 17.3. The second-order valence-electron chi connectivity index (χ2n) is 4.82. The topological polar surface area (TPSA) is 109 Å². The van der Waals surface area contributed by atoms with Crippen LogP contribution in [0.3, 0.4) is 0 Å². The number of sulfonamides is 1. The first-order chi connectivity index (χ1) is 11.4. The van der Waals surface area contributed by atoms with E-state index in [2.05, 4.69) is 27.3 Å². The average molecular weight is 361 g/mol. The maximum absolute atomic E-state index is 12.7. The van der Waals surface area contributed by atoms with Gasteiger partial charge in [0.15, 0.2) is 0 Å². The van der Waals surface area contributed by atoms with Gasteiger partial charge in [-0.25, -0.2) is 13.2 Å². The van der Waals surface area contributed by atoms with E-state index >= 15 is 0 Å². The van der Waals surface area contributed by atoms with Crippen molar-refractivity contribution in [3.05, 3.63) is 54.4 Å². The molecule has 9 heteroatoms. The van der Waals surface area contributed by atoms with Crippen molar-refractivity contribution in [1.82, 2.24) is 9.97 Å². The lowest BCUT2D eigenvalue weighted by Gasteiger charge is -2.12. The minimum absolute atomic E-state index is 0.0732. The third kappa shape index (κ3) is 3.03. The Hall–Kier alpha value is -2.65. The summed E-state index contributed by atoms with van der Waals surface area (Å²) < 4.78 is 27.7. The summed E-state index contributed by atoms with van der Waals surface area (Å²) in [7, 11) is -4.06. The van der Waals surface area contributed by atoms with Crippen LogP contribution in [0.4, 0.5) is 5.69 Å². The van der Waals surface area contributed by atoms with Gasteiger partial charge in [0.05, 0.1) is 16.8 Å². The van der Waals surface area contributed by atoms with Crippen LogP contribution in [0.1, 0.15) is 10.4 Å². The molecular formula is C15H11N3O4S2. The molecule has 0 aliphatic carbocycles. The van der Waals surface area contributed by atoms with E-state index in [1.54, 1.807) is 12.1 Å². The molecule has 0 radical (unpaired) electrons. The molecular weight excluding hydrogens is 350 g/mol. The fraction of sp³-hybridized carbons (Fsp3) is 0. The number of benzene rings is 2. The largest absolute Gasteiger partial charge is 0.478 e. The summed E-state index contributed by atoms with van der Waals surface area (Å²) in [5.41, 5.74) is 0.367. The SMILES string of the molecule is O=C(O)c1ccc(S)cc1NS(=O)(=O)c1cccc2nccnc12. The summed E-state index contributed by atoms with van der Waals surface area (Å²) >= 11 is 4.12. The van der Waals surface area contributed by atoms with Gasteiger partial charge >= 0.3 is 5.97 Å². The quantitative estimate of drug-likeness (QED) is 0.616. The summed E-state index contributed by atoms with van der Waals surface area (Å²) in [4.78, 5) is 19.7. The first kappa shape index (κ1) is 16.2. The Labute approximate surface area is 142 Å². The molecule has 0 atom stereocenters. The second-order valence-corrected chi connectivity index (χ2v) is 6.99. The number of hydrogen-bond donors (Lipinski definition) is 3. The summed E-state index contributed by atoms with van der Waals surface area (Å²) in [6.07, 6.45) is 2.84. The monoisotopic (exact) mass is 361 g/mol. The number of rotatable bonds is 4. The molecule has 2 aromatic carbocycles. The van der Waals surface area contributed by atoms with Crippen molar-refractivity contribution in [3.8, 4) is 0 Å². The van der Waals surface area contributed by atoms with Gasteiger partial charge in [-0.3, -0.25) is 14.7 Å². The van der Waals surface area contributed by atoms with Crippen molar-refractivity contribution in [2.24, 2.45) is 0 Å². The lowest BCUT2D eigenvalue weighted by molar-refractivity contribution is 0.0698. The minimum Gasteiger partial charge on any atom is -0.478 e. The average Bonchev–Trinajstić information content (AvgIpc) is 2.53. The molecule has 3 rings (SSSR count). The van der Waals surface area contributed by atoms with E-state index in [0.29, 0.717) is 10.4 Å². The Kier molecular flexibility index (Phi) is 4.12. The van der Waals surface area contributed by atoms with Crippen LogP contribution < -0.4 is 4.72 Å². The molecule has 0 unspecified atom stereocenters. The van der Waals surface area contributed by atoms with Gasteiger partial charge < -0.3 is 5.11 Å². The van der Waals surface area contributed by atoms with E-state index < -0.39 is 16.0 Å². The fourth-order valence-electron chi connectivity index (χ4n) is 2.19. The maximum Gasteiger partial charge on any atom is 0.337 e. The lowest BCUT2D eigenvalue weighted by atomic mass is 10.2. The number of aromatic nitrogens is 2. The van der Waals surface area contributed by atoms with Crippen LogP contribution in [-0.4, -0.2) is 29.5 Å². The number of nitrogens with zero attached hydrogens (tertiary/aromatic N) is 2.